The molecular weight excluding hydrogens is 196 g/mol. The van der Waals surface area contributed by atoms with E-state index in [4.69, 9.17) is 5.11 Å². The van der Waals surface area contributed by atoms with E-state index in [9.17, 15) is 14.7 Å². The standard InChI is InChI=1S/C11H10O4/c12-8-1-2-9-6(4-8)3-7(11(9)15)5-10(13)14/h1-2,4,7,12H,3,5H2,(H,13,14). The first kappa shape index (κ1) is 9.71. The number of aromatic hydroxyl groups is 1. The van der Waals surface area contributed by atoms with Gasteiger partial charge in [-0.1, -0.05) is 0 Å². The van der Waals surface area contributed by atoms with E-state index in [2.05, 4.69) is 0 Å². The maximum atomic E-state index is 11.7. The summed E-state index contributed by atoms with van der Waals surface area (Å²) in [5, 5.41) is 17.8. The minimum Gasteiger partial charge on any atom is -0.508 e. The zero-order chi connectivity index (χ0) is 11.0. The minimum absolute atomic E-state index is 0.109. The molecule has 1 unspecified atom stereocenters. The number of aliphatic carboxylic acids is 1. The Hall–Kier alpha value is -1.84. The fourth-order valence-corrected chi connectivity index (χ4v) is 1.94. The quantitative estimate of drug-likeness (QED) is 0.762. The van der Waals surface area contributed by atoms with Crippen molar-refractivity contribution in [2.24, 2.45) is 5.92 Å². The third-order valence-electron chi connectivity index (χ3n) is 2.61. The lowest BCUT2D eigenvalue weighted by molar-refractivity contribution is -0.137. The summed E-state index contributed by atoms with van der Waals surface area (Å²) in [5.41, 5.74) is 1.28. The second kappa shape index (κ2) is 3.38. The number of hydrogen-bond donors (Lipinski definition) is 2. The van der Waals surface area contributed by atoms with Gasteiger partial charge in [0.05, 0.1) is 6.42 Å². The van der Waals surface area contributed by atoms with E-state index in [1.165, 1.54) is 12.1 Å². The summed E-state index contributed by atoms with van der Waals surface area (Å²) in [6, 6.07) is 4.52. The molecule has 1 aliphatic rings. The molecule has 4 heteroatoms. The molecule has 0 bridgehead atoms. The van der Waals surface area contributed by atoms with Gasteiger partial charge in [-0.25, -0.2) is 0 Å². The number of phenolic OH excluding ortho intramolecular Hbond substituents is 1. The van der Waals surface area contributed by atoms with Gasteiger partial charge in [0.15, 0.2) is 5.78 Å². The van der Waals surface area contributed by atoms with Gasteiger partial charge >= 0.3 is 5.97 Å². The van der Waals surface area contributed by atoms with E-state index >= 15 is 0 Å². The summed E-state index contributed by atoms with van der Waals surface area (Å²) < 4.78 is 0. The molecule has 0 fully saturated rings. The summed E-state index contributed by atoms with van der Waals surface area (Å²) in [7, 11) is 0. The molecule has 1 aromatic rings. The van der Waals surface area contributed by atoms with Crippen molar-refractivity contribution >= 4 is 11.8 Å². The number of fused-ring (bicyclic) bond motifs is 1. The van der Waals surface area contributed by atoms with Crippen LogP contribution in [-0.4, -0.2) is 22.0 Å². The number of carboxylic acids is 1. The molecule has 0 radical (unpaired) electrons. The number of Topliss-reactive ketones (excluding diaryl/α,β-unsaturated/α-hetero) is 1. The molecule has 1 atom stereocenters. The first-order valence-corrected chi connectivity index (χ1v) is 4.66. The number of carboxylic acid groups (broad SMARTS) is 1. The Labute approximate surface area is 86.2 Å². The van der Waals surface area contributed by atoms with E-state index in [1.54, 1.807) is 6.07 Å². The van der Waals surface area contributed by atoms with Crippen molar-refractivity contribution in [3.05, 3.63) is 29.3 Å². The normalized spacial score (nSPS) is 18.9. The van der Waals surface area contributed by atoms with Crippen molar-refractivity contribution in [2.75, 3.05) is 0 Å². The predicted molar refractivity (Wildman–Crippen MR) is 51.9 cm³/mol. The summed E-state index contributed by atoms with van der Waals surface area (Å²) in [4.78, 5) is 22.2. The molecule has 0 aromatic heterocycles. The van der Waals surface area contributed by atoms with Crippen molar-refractivity contribution in [1.29, 1.82) is 0 Å². The molecule has 0 saturated carbocycles. The zero-order valence-corrected chi connectivity index (χ0v) is 7.93. The summed E-state index contributed by atoms with van der Waals surface area (Å²) in [6.45, 7) is 0. The molecule has 1 aliphatic carbocycles. The average Bonchev–Trinajstić information content (AvgIpc) is 2.42. The van der Waals surface area contributed by atoms with Crippen molar-refractivity contribution in [1.82, 2.24) is 0 Å². The first-order chi connectivity index (χ1) is 7.08. The zero-order valence-electron chi connectivity index (χ0n) is 7.93. The van der Waals surface area contributed by atoms with Crippen LogP contribution in [0, 0.1) is 5.92 Å². The predicted octanol–water partition coefficient (Wildman–Crippen LogP) is 1.22. The van der Waals surface area contributed by atoms with E-state index in [0.29, 0.717) is 12.0 Å². The number of carbonyl (C=O) groups excluding carboxylic acids is 1. The third-order valence-corrected chi connectivity index (χ3v) is 2.61. The highest BCUT2D eigenvalue weighted by Gasteiger charge is 2.31. The lowest BCUT2D eigenvalue weighted by atomic mass is 10.0. The second-order valence-corrected chi connectivity index (χ2v) is 3.70. The number of rotatable bonds is 2. The molecule has 2 N–H and O–H groups in total. The van der Waals surface area contributed by atoms with E-state index in [0.717, 1.165) is 5.56 Å². The van der Waals surface area contributed by atoms with Crippen LogP contribution in [0.15, 0.2) is 18.2 Å². The Bertz CT molecular complexity index is 436. The van der Waals surface area contributed by atoms with Crippen molar-refractivity contribution in [3.63, 3.8) is 0 Å². The number of hydrogen-bond acceptors (Lipinski definition) is 3. The largest absolute Gasteiger partial charge is 0.508 e. The highest BCUT2D eigenvalue weighted by atomic mass is 16.4. The SMILES string of the molecule is O=C(O)CC1Cc2cc(O)ccc2C1=O. The molecular formula is C11H10O4. The van der Waals surface area contributed by atoms with Crippen LogP contribution >= 0.6 is 0 Å². The Morgan fingerprint density at radius 2 is 2.20 bits per heavy atom. The fourth-order valence-electron chi connectivity index (χ4n) is 1.94. The fraction of sp³-hybridized carbons (Fsp3) is 0.273. The van der Waals surface area contributed by atoms with Gasteiger partial charge < -0.3 is 10.2 Å². The van der Waals surface area contributed by atoms with Crippen LogP contribution in [-0.2, 0) is 11.2 Å². The number of ketones is 1. The van der Waals surface area contributed by atoms with E-state index in [-0.39, 0.29) is 18.0 Å². The highest BCUT2D eigenvalue weighted by molar-refractivity contribution is 6.03. The summed E-state index contributed by atoms with van der Waals surface area (Å²) in [5.74, 6) is -1.46. The highest BCUT2D eigenvalue weighted by Crippen LogP contribution is 2.31. The van der Waals surface area contributed by atoms with Crippen LogP contribution in [0.2, 0.25) is 0 Å². The lowest BCUT2D eigenvalue weighted by Crippen LogP contribution is -2.13. The lowest BCUT2D eigenvalue weighted by Gasteiger charge is -2.01. The molecule has 0 aliphatic heterocycles. The first-order valence-electron chi connectivity index (χ1n) is 4.66. The van der Waals surface area contributed by atoms with E-state index < -0.39 is 11.9 Å². The smallest absolute Gasteiger partial charge is 0.304 e. The van der Waals surface area contributed by atoms with Gasteiger partial charge in [-0.15, -0.1) is 0 Å². The van der Waals surface area contributed by atoms with Gasteiger partial charge in [0, 0.05) is 11.5 Å². The molecule has 2 rings (SSSR count). The molecule has 78 valence electrons. The van der Waals surface area contributed by atoms with Gasteiger partial charge in [-0.05, 0) is 30.2 Å². The Morgan fingerprint density at radius 3 is 2.87 bits per heavy atom. The van der Waals surface area contributed by atoms with Crippen LogP contribution in [0.3, 0.4) is 0 Å². The summed E-state index contributed by atoms with van der Waals surface area (Å²) >= 11 is 0. The van der Waals surface area contributed by atoms with Gasteiger partial charge in [0.1, 0.15) is 5.75 Å². The monoisotopic (exact) mass is 206 g/mol. The van der Waals surface area contributed by atoms with Crippen molar-refractivity contribution in [3.8, 4) is 5.75 Å². The number of phenols is 1. The second-order valence-electron chi connectivity index (χ2n) is 3.70. The summed E-state index contributed by atoms with van der Waals surface area (Å²) in [6.07, 6.45) is 0.267. The third kappa shape index (κ3) is 1.70. The molecule has 0 heterocycles. The molecule has 0 spiro atoms. The maximum absolute atomic E-state index is 11.7. The minimum atomic E-state index is -0.967. The van der Waals surface area contributed by atoms with Gasteiger partial charge in [-0.3, -0.25) is 9.59 Å². The van der Waals surface area contributed by atoms with Gasteiger partial charge in [0.2, 0.25) is 0 Å². The molecule has 1 aromatic carbocycles. The van der Waals surface area contributed by atoms with Crippen molar-refractivity contribution < 1.29 is 19.8 Å². The molecule has 4 nitrogen and oxygen atoms in total. The topological polar surface area (TPSA) is 74.6 Å². The van der Waals surface area contributed by atoms with Crippen LogP contribution in [0.5, 0.6) is 5.75 Å². The van der Waals surface area contributed by atoms with E-state index in [1.807, 2.05) is 0 Å². The van der Waals surface area contributed by atoms with Gasteiger partial charge in [0.25, 0.3) is 0 Å². The number of carbonyl (C=O) groups is 2. The molecule has 0 amide bonds. The maximum Gasteiger partial charge on any atom is 0.304 e. The Kier molecular flexibility index (Phi) is 2.19. The molecule has 15 heavy (non-hydrogen) atoms. The Balaban J connectivity index is 2.29. The van der Waals surface area contributed by atoms with Gasteiger partial charge in [-0.2, -0.15) is 0 Å². The van der Waals surface area contributed by atoms with Crippen LogP contribution in [0.25, 0.3) is 0 Å². The number of benzene rings is 1. The van der Waals surface area contributed by atoms with Crippen LogP contribution in [0.1, 0.15) is 22.3 Å². The Morgan fingerprint density at radius 1 is 1.47 bits per heavy atom. The average molecular weight is 206 g/mol. The van der Waals surface area contributed by atoms with Crippen LogP contribution < -0.4 is 0 Å². The van der Waals surface area contributed by atoms with Crippen LogP contribution in [0.4, 0.5) is 0 Å². The van der Waals surface area contributed by atoms with Crippen molar-refractivity contribution in [2.45, 2.75) is 12.8 Å². The molecule has 0 saturated heterocycles.